The molecule has 3 aromatic carbocycles. The van der Waals surface area contributed by atoms with E-state index in [2.05, 4.69) is 59.2 Å². The van der Waals surface area contributed by atoms with Crippen LogP contribution in [0.3, 0.4) is 0 Å². The van der Waals surface area contributed by atoms with E-state index in [1.54, 1.807) is 6.26 Å². The van der Waals surface area contributed by atoms with Crippen LogP contribution in [0, 0.1) is 0 Å². The fourth-order valence-corrected chi connectivity index (χ4v) is 5.10. The lowest BCUT2D eigenvalue weighted by atomic mass is 9.98. The largest absolute Gasteiger partial charge is 0.481 e. The Bertz CT molecular complexity index is 1650. The minimum absolute atomic E-state index is 0.121. The van der Waals surface area contributed by atoms with Crippen molar-refractivity contribution in [3.8, 4) is 33.8 Å². The van der Waals surface area contributed by atoms with Gasteiger partial charge in [0.1, 0.15) is 11.6 Å². The average molecular weight is 487 g/mol. The summed E-state index contributed by atoms with van der Waals surface area (Å²) in [5, 5.41) is 9.17. The van der Waals surface area contributed by atoms with Gasteiger partial charge in [0.2, 0.25) is 0 Å². The first-order valence-corrected chi connectivity index (χ1v) is 12.5. The van der Waals surface area contributed by atoms with Crippen molar-refractivity contribution in [3.05, 3.63) is 114 Å². The number of fused-ring (bicyclic) bond motifs is 2. The topological polar surface area (TPSA) is 68.3 Å². The Morgan fingerprint density at radius 1 is 0.838 bits per heavy atom. The second-order valence-corrected chi connectivity index (χ2v) is 9.26. The molecule has 2 aliphatic rings. The monoisotopic (exact) mass is 486 g/mol. The molecule has 1 N–H and O–H groups in total. The Balaban J connectivity index is 1.48. The van der Waals surface area contributed by atoms with Crippen molar-refractivity contribution in [3.63, 3.8) is 0 Å². The molecule has 2 heterocycles. The van der Waals surface area contributed by atoms with E-state index in [1.807, 2.05) is 42.5 Å². The molecule has 182 valence electrons. The van der Waals surface area contributed by atoms with Gasteiger partial charge in [-0.1, -0.05) is 66.7 Å². The summed E-state index contributed by atoms with van der Waals surface area (Å²) in [5.74, 6) is 0.933. The minimum Gasteiger partial charge on any atom is -0.481 e. The zero-order chi connectivity index (χ0) is 25.2. The normalized spacial score (nSPS) is 11.4. The number of benzene rings is 3. The maximum absolute atomic E-state index is 11.2. The van der Waals surface area contributed by atoms with Crippen molar-refractivity contribution < 1.29 is 14.3 Å². The molecule has 0 radical (unpaired) electrons. The summed E-state index contributed by atoms with van der Waals surface area (Å²) in [7, 11) is 0. The Morgan fingerprint density at radius 2 is 1.59 bits per heavy atom. The van der Waals surface area contributed by atoms with E-state index in [0.717, 1.165) is 51.3 Å². The van der Waals surface area contributed by atoms with Gasteiger partial charge in [0.05, 0.1) is 17.3 Å². The number of hydrogen-bond donors (Lipinski definition) is 1. The molecule has 0 amide bonds. The molecule has 1 aromatic heterocycles. The zero-order valence-corrected chi connectivity index (χ0v) is 20.3. The van der Waals surface area contributed by atoms with Gasteiger partial charge in [-0.05, 0) is 59.9 Å². The highest BCUT2D eigenvalue weighted by Gasteiger charge is 2.21. The molecule has 4 aromatic rings. The van der Waals surface area contributed by atoms with Gasteiger partial charge in [0.15, 0.2) is 0 Å². The summed E-state index contributed by atoms with van der Waals surface area (Å²) in [4.78, 5) is 16.2. The van der Waals surface area contributed by atoms with E-state index in [-0.39, 0.29) is 6.42 Å². The number of hydrogen-bond acceptors (Lipinski definition) is 3. The van der Waals surface area contributed by atoms with Crippen molar-refractivity contribution in [2.45, 2.75) is 25.8 Å². The van der Waals surface area contributed by atoms with Gasteiger partial charge in [0.25, 0.3) is 0 Å². The van der Waals surface area contributed by atoms with Crippen LogP contribution in [0.25, 0.3) is 44.9 Å². The molecular weight excluding hydrogens is 460 g/mol. The van der Waals surface area contributed by atoms with Crippen LogP contribution in [0.2, 0.25) is 0 Å². The van der Waals surface area contributed by atoms with Crippen molar-refractivity contribution in [1.29, 1.82) is 0 Å². The second-order valence-electron chi connectivity index (χ2n) is 9.26. The first-order chi connectivity index (χ1) is 18.2. The van der Waals surface area contributed by atoms with Gasteiger partial charge in [-0.2, -0.15) is 0 Å². The summed E-state index contributed by atoms with van der Waals surface area (Å²) in [6, 6.07) is 33.1. The summed E-state index contributed by atoms with van der Waals surface area (Å²) in [6.45, 7) is 0.584. The molecule has 1 aliphatic heterocycles. The van der Waals surface area contributed by atoms with Crippen LogP contribution in [-0.2, 0) is 17.8 Å². The van der Waals surface area contributed by atoms with Gasteiger partial charge < -0.3 is 14.1 Å². The van der Waals surface area contributed by atoms with Gasteiger partial charge >= 0.3 is 5.97 Å². The molecule has 1 aliphatic carbocycles. The van der Waals surface area contributed by atoms with E-state index in [4.69, 9.17) is 14.5 Å². The molecule has 5 heteroatoms. The molecule has 0 fully saturated rings. The lowest BCUT2D eigenvalue weighted by Crippen LogP contribution is -2.03. The highest BCUT2D eigenvalue weighted by Crippen LogP contribution is 2.41. The number of nitrogens with zero attached hydrogens (tertiary/aromatic N) is 2. The number of carboxylic acids is 1. The SMILES string of the molecule is O=C(O)CCCn1c(-c2ccccc2)nc2cc(-c3c(Cc4ccccc4)cc4cccoc3-4)ccc21. The number of carbonyl (C=O) groups is 1. The summed E-state index contributed by atoms with van der Waals surface area (Å²) in [5.41, 5.74) is 8.55. The number of rotatable bonds is 8. The van der Waals surface area contributed by atoms with Crippen molar-refractivity contribution in [2.75, 3.05) is 0 Å². The summed E-state index contributed by atoms with van der Waals surface area (Å²) < 4.78 is 8.15. The quantitative estimate of drug-likeness (QED) is 0.241. The molecule has 0 atom stereocenters. The Kier molecular flexibility index (Phi) is 6.03. The molecule has 6 rings (SSSR count). The summed E-state index contributed by atoms with van der Waals surface area (Å²) >= 11 is 0. The second kappa shape index (κ2) is 9.78. The third-order valence-electron chi connectivity index (χ3n) is 6.76. The third kappa shape index (κ3) is 4.52. The lowest BCUT2D eigenvalue weighted by Gasteiger charge is -2.10. The van der Waals surface area contributed by atoms with Crippen LogP contribution in [0.1, 0.15) is 24.0 Å². The summed E-state index contributed by atoms with van der Waals surface area (Å²) in [6.07, 6.45) is 3.18. The van der Waals surface area contributed by atoms with Crippen molar-refractivity contribution in [2.24, 2.45) is 0 Å². The molecule has 5 nitrogen and oxygen atoms in total. The van der Waals surface area contributed by atoms with Crippen LogP contribution in [-0.4, -0.2) is 20.6 Å². The fourth-order valence-electron chi connectivity index (χ4n) is 5.10. The predicted octanol–water partition coefficient (Wildman–Crippen LogP) is 7.52. The standard InChI is InChI=1S/C32H26N2O3/c35-29(36)14-7-17-34-28-16-15-24(21-27(28)33-32(34)23-11-5-2-6-12-23)30-26(19-22-9-3-1-4-10-22)20-25-13-8-18-37-31(25)30/h1-6,8-13,15-16,18,20-21H,7,14,17,19H2,(H,35,36). The number of aromatic nitrogens is 2. The van der Waals surface area contributed by atoms with E-state index >= 15 is 0 Å². The maximum Gasteiger partial charge on any atom is 0.303 e. The molecule has 0 saturated carbocycles. The van der Waals surface area contributed by atoms with Crippen LogP contribution < -0.4 is 0 Å². The van der Waals surface area contributed by atoms with Gasteiger partial charge in [-0.25, -0.2) is 4.98 Å². The van der Waals surface area contributed by atoms with E-state index in [0.29, 0.717) is 13.0 Å². The fraction of sp³-hybridized carbons (Fsp3) is 0.125. The van der Waals surface area contributed by atoms with Crippen LogP contribution in [0.4, 0.5) is 0 Å². The number of carboxylic acid groups (broad SMARTS) is 1. The van der Waals surface area contributed by atoms with Crippen molar-refractivity contribution >= 4 is 17.0 Å². The molecule has 0 spiro atoms. The highest BCUT2D eigenvalue weighted by molar-refractivity contribution is 5.92. The van der Waals surface area contributed by atoms with Gasteiger partial charge in [0, 0.05) is 29.7 Å². The van der Waals surface area contributed by atoms with E-state index in [1.165, 1.54) is 11.1 Å². The van der Waals surface area contributed by atoms with Crippen LogP contribution in [0.15, 0.2) is 108 Å². The first-order valence-electron chi connectivity index (χ1n) is 12.5. The number of aliphatic carboxylic acids is 1. The van der Waals surface area contributed by atoms with Crippen LogP contribution in [0.5, 0.6) is 0 Å². The molecular formula is C32H26N2O3. The Morgan fingerprint density at radius 3 is 2.38 bits per heavy atom. The highest BCUT2D eigenvalue weighted by atomic mass is 16.4. The maximum atomic E-state index is 11.2. The zero-order valence-electron chi connectivity index (χ0n) is 20.3. The van der Waals surface area contributed by atoms with Crippen molar-refractivity contribution in [1.82, 2.24) is 9.55 Å². The number of imidazole rings is 1. The van der Waals surface area contributed by atoms with Gasteiger partial charge in [-0.3, -0.25) is 4.79 Å². The van der Waals surface area contributed by atoms with Gasteiger partial charge in [-0.15, -0.1) is 0 Å². The molecule has 0 saturated heterocycles. The first kappa shape index (κ1) is 22.8. The Hall–Kier alpha value is -4.64. The molecule has 37 heavy (non-hydrogen) atoms. The van der Waals surface area contributed by atoms with E-state index in [9.17, 15) is 4.79 Å². The van der Waals surface area contributed by atoms with E-state index < -0.39 is 5.97 Å². The predicted molar refractivity (Wildman–Crippen MR) is 146 cm³/mol. The minimum atomic E-state index is -0.786. The molecule has 0 unspecified atom stereocenters. The lowest BCUT2D eigenvalue weighted by molar-refractivity contribution is -0.137. The smallest absolute Gasteiger partial charge is 0.303 e. The Labute approximate surface area is 215 Å². The molecule has 0 bridgehead atoms. The average Bonchev–Trinajstić information content (AvgIpc) is 3.47. The third-order valence-corrected chi connectivity index (χ3v) is 6.76. The van der Waals surface area contributed by atoms with Crippen LogP contribution >= 0.6 is 0 Å². The number of aryl methyl sites for hydroxylation is 1.